The first-order valence-corrected chi connectivity index (χ1v) is 8.67. The quantitative estimate of drug-likeness (QED) is 0.742. The van der Waals surface area contributed by atoms with Crippen molar-refractivity contribution in [1.82, 2.24) is 19.4 Å². The fourth-order valence-corrected chi connectivity index (χ4v) is 3.92. The maximum absolute atomic E-state index is 12.6. The molecule has 6 nitrogen and oxygen atoms in total. The highest BCUT2D eigenvalue weighted by Crippen LogP contribution is 2.25. The Bertz CT molecular complexity index is 539. The third-order valence-electron chi connectivity index (χ3n) is 5.31. The summed E-state index contributed by atoms with van der Waals surface area (Å²) in [7, 11) is 0. The van der Waals surface area contributed by atoms with Crippen LogP contribution in [0.25, 0.3) is 0 Å². The van der Waals surface area contributed by atoms with Crippen LogP contribution >= 0.6 is 0 Å². The zero-order chi connectivity index (χ0) is 16.4. The van der Waals surface area contributed by atoms with E-state index in [1.165, 1.54) is 0 Å². The molecule has 126 valence electrons. The van der Waals surface area contributed by atoms with E-state index in [2.05, 4.69) is 9.55 Å². The van der Waals surface area contributed by atoms with Crippen molar-refractivity contribution in [3.8, 4) is 0 Å². The SMILES string of the molecule is CC1CCCC(C)N1C(=O)C(=O)N1CCC(n2ccnc2)CC1. The molecule has 0 aromatic carbocycles. The molecule has 2 saturated heterocycles. The molecule has 0 bridgehead atoms. The van der Waals surface area contributed by atoms with Crippen LogP contribution in [0.15, 0.2) is 18.7 Å². The third-order valence-corrected chi connectivity index (χ3v) is 5.31. The Morgan fingerprint density at radius 2 is 1.65 bits per heavy atom. The van der Waals surface area contributed by atoms with Gasteiger partial charge in [-0.15, -0.1) is 0 Å². The van der Waals surface area contributed by atoms with Crippen LogP contribution in [-0.4, -0.2) is 56.3 Å². The van der Waals surface area contributed by atoms with Gasteiger partial charge in [0.05, 0.1) is 6.33 Å². The van der Waals surface area contributed by atoms with Crippen LogP contribution in [0.5, 0.6) is 0 Å². The number of likely N-dealkylation sites (tertiary alicyclic amines) is 2. The van der Waals surface area contributed by atoms with Crippen molar-refractivity contribution in [2.75, 3.05) is 13.1 Å². The summed E-state index contributed by atoms with van der Waals surface area (Å²) in [6.07, 6.45) is 10.4. The second kappa shape index (κ2) is 6.72. The van der Waals surface area contributed by atoms with Crippen LogP contribution in [0.4, 0.5) is 0 Å². The number of rotatable bonds is 1. The van der Waals surface area contributed by atoms with E-state index < -0.39 is 0 Å². The number of piperidine rings is 2. The van der Waals surface area contributed by atoms with Crippen molar-refractivity contribution in [3.05, 3.63) is 18.7 Å². The first-order valence-electron chi connectivity index (χ1n) is 8.67. The van der Waals surface area contributed by atoms with Gasteiger partial charge in [0.25, 0.3) is 0 Å². The van der Waals surface area contributed by atoms with Gasteiger partial charge in [-0.3, -0.25) is 9.59 Å². The summed E-state index contributed by atoms with van der Waals surface area (Å²) < 4.78 is 2.10. The molecule has 2 amide bonds. The molecular weight excluding hydrogens is 292 g/mol. The van der Waals surface area contributed by atoms with Crippen molar-refractivity contribution in [1.29, 1.82) is 0 Å². The van der Waals surface area contributed by atoms with E-state index in [0.29, 0.717) is 19.1 Å². The molecule has 2 aliphatic heterocycles. The molecule has 1 aromatic rings. The molecule has 23 heavy (non-hydrogen) atoms. The summed E-state index contributed by atoms with van der Waals surface area (Å²) in [5.74, 6) is -0.638. The lowest BCUT2D eigenvalue weighted by Gasteiger charge is -2.40. The molecule has 2 fully saturated rings. The van der Waals surface area contributed by atoms with Crippen molar-refractivity contribution in [2.24, 2.45) is 0 Å². The number of carbonyl (C=O) groups is 2. The lowest BCUT2D eigenvalue weighted by molar-refractivity contribution is -0.156. The minimum atomic E-state index is -0.324. The maximum Gasteiger partial charge on any atom is 0.312 e. The Kier molecular flexibility index (Phi) is 4.68. The summed E-state index contributed by atoms with van der Waals surface area (Å²) in [6.45, 7) is 5.38. The predicted molar refractivity (Wildman–Crippen MR) is 86.7 cm³/mol. The Labute approximate surface area is 137 Å². The number of nitrogens with zero attached hydrogens (tertiary/aromatic N) is 4. The second-order valence-corrected chi connectivity index (χ2v) is 6.87. The van der Waals surface area contributed by atoms with Gasteiger partial charge in [0.2, 0.25) is 0 Å². The monoisotopic (exact) mass is 318 g/mol. The van der Waals surface area contributed by atoms with Crippen molar-refractivity contribution < 1.29 is 9.59 Å². The molecule has 0 radical (unpaired) electrons. The number of hydrogen-bond donors (Lipinski definition) is 0. The summed E-state index contributed by atoms with van der Waals surface area (Å²) in [5, 5.41) is 0. The van der Waals surface area contributed by atoms with Crippen LogP contribution in [0.3, 0.4) is 0 Å². The van der Waals surface area contributed by atoms with Gasteiger partial charge < -0.3 is 14.4 Å². The van der Waals surface area contributed by atoms with Crippen LogP contribution in [0.1, 0.15) is 52.0 Å². The van der Waals surface area contributed by atoms with Gasteiger partial charge in [-0.05, 0) is 46.0 Å². The van der Waals surface area contributed by atoms with Gasteiger partial charge in [-0.25, -0.2) is 4.98 Å². The van der Waals surface area contributed by atoms with Gasteiger partial charge in [-0.2, -0.15) is 0 Å². The van der Waals surface area contributed by atoms with E-state index in [9.17, 15) is 9.59 Å². The molecule has 0 spiro atoms. The fraction of sp³-hybridized carbons (Fsp3) is 0.706. The lowest BCUT2D eigenvalue weighted by Crippen LogP contribution is -2.54. The smallest absolute Gasteiger partial charge is 0.312 e. The first-order chi connectivity index (χ1) is 11.1. The minimum absolute atomic E-state index is 0.165. The van der Waals surface area contributed by atoms with E-state index in [4.69, 9.17) is 0 Å². The summed E-state index contributed by atoms with van der Waals surface area (Å²) >= 11 is 0. The zero-order valence-corrected chi connectivity index (χ0v) is 14.0. The predicted octanol–water partition coefficient (Wildman–Crippen LogP) is 1.84. The van der Waals surface area contributed by atoms with Gasteiger partial charge in [0.1, 0.15) is 0 Å². The van der Waals surface area contributed by atoms with Crippen LogP contribution in [0, 0.1) is 0 Å². The molecule has 0 N–H and O–H groups in total. The summed E-state index contributed by atoms with van der Waals surface area (Å²) in [5.41, 5.74) is 0. The highest BCUT2D eigenvalue weighted by molar-refractivity contribution is 6.35. The lowest BCUT2D eigenvalue weighted by atomic mass is 9.97. The number of imidazole rings is 1. The second-order valence-electron chi connectivity index (χ2n) is 6.87. The normalized spacial score (nSPS) is 26.3. The zero-order valence-electron chi connectivity index (χ0n) is 14.0. The van der Waals surface area contributed by atoms with Crippen LogP contribution in [0.2, 0.25) is 0 Å². The number of amides is 2. The molecular formula is C17H26N4O2. The molecule has 3 rings (SSSR count). The summed E-state index contributed by atoms with van der Waals surface area (Å²) in [4.78, 5) is 32.8. The van der Waals surface area contributed by atoms with E-state index in [0.717, 1.165) is 32.1 Å². The summed E-state index contributed by atoms with van der Waals surface area (Å²) in [6, 6.07) is 0.710. The highest BCUT2D eigenvalue weighted by Gasteiger charge is 2.36. The van der Waals surface area contributed by atoms with Crippen LogP contribution < -0.4 is 0 Å². The minimum Gasteiger partial charge on any atom is -0.334 e. The fourth-order valence-electron chi connectivity index (χ4n) is 3.92. The molecule has 0 aliphatic carbocycles. The molecule has 1 aromatic heterocycles. The number of aromatic nitrogens is 2. The number of carbonyl (C=O) groups excluding carboxylic acids is 2. The first kappa shape index (κ1) is 16.0. The third kappa shape index (κ3) is 3.26. The van der Waals surface area contributed by atoms with Gasteiger partial charge >= 0.3 is 11.8 Å². The largest absolute Gasteiger partial charge is 0.334 e. The van der Waals surface area contributed by atoms with E-state index in [1.54, 1.807) is 16.0 Å². The van der Waals surface area contributed by atoms with Gasteiger partial charge in [-0.1, -0.05) is 0 Å². The van der Waals surface area contributed by atoms with Crippen molar-refractivity contribution in [2.45, 2.75) is 64.1 Å². The van der Waals surface area contributed by atoms with Crippen molar-refractivity contribution >= 4 is 11.8 Å². The van der Waals surface area contributed by atoms with E-state index >= 15 is 0 Å². The van der Waals surface area contributed by atoms with Gasteiger partial charge in [0.15, 0.2) is 0 Å². The average molecular weight is 318 g/mol. The van der Waals surface area contributed by atoms with E-state index in [1.807, 2.05) is 26.4 Å². The van der Waals surface area contributed by atoms with Gasteiger partial charge in [0, 0.05) is 43.6 Å². The number of hydrogen-bond acceptors (Lipinski definition) is 3. The Hall–Kier alpha value is -1.85. The topological polar surface area (TPSA) is 58.4 Å². The maximum atomic E-state index is 12.6. The Morgan fingerprint density at radius 3 is 2.22 bits per heavy atom. The molecule has 2 aliphatic rings. The Morgan fingerprint density at radius 1 is 1.00 bits per heavy atom. The standard InChI is InChI=1S/C17H26N4O2/c1-13-4-3-5-14(2)21(13)17(23)16(22)19-9-6-15(7-10-19)20-11-8-18-12-20/h8,11-15H,3-7,9-10H2,1-2H3. The molecule has 6 heteroatoms. The highest BCUT2D eigenvalue weighted by atomic mass is 16.2. The molecule has 3 heterocycles. The molecule has 0 saturated carbocycles. The molecule has 2 atom stereocenters. The molecule has 2 unspecified atom stereocenters. The van der Waals surface area contributed by atoms with Crippen LogP contribution in [-0.2, 0) is 9.59 Å². The average Bonchev–Trinajstić information content (AvgIpc) is 3.08. The van der Waals surface area contributed by atoms with E-state index in [-0.39, 0.29) is 23.9 Å². The van der Waals surface area contributed by atoms with Crippen molar-refractivity contribution in [3.63, 3.8) is 0 Å². The Balaban J connectivity index is 1.59.